The number of imide groups is 1. The minimum absolute atomic E-state index is 0.307. The van der Waals surface area contributed by atoms with Crippen LogP contribution in [-0.2, 0) is 4.79 Å². The van der Waals surface area contributed by atoms with Gasteiger partial charge in [0.25, 0.3) is 11.1 Å². The van der Waals surface area contributed by atoms with Gasteiger partial charge in [-0.2, -0.15) is 0 Å². The van der Waals surface area contributed by atoms with E-state index >= 15 is 0 Å². The number of anilines is 1. The third-order valence-electron chi connectivity index (χ3n) is 3.20. The summed E-state index contributed by atoms with van der Waals surface area (Å²) in [7, 11) is 0. The number of amides is 3. The summed E-state index contributed by atoms with van der Waals surface area (Å²) in [5.74, 6) is -0.120. The standard InChI is InChI=1S/C17H10Cl2N2O4S/c18-12-6-3-10(8-13(12)19)20-16(23)25-11-4-1-9(2-5-11)7-14-15(22)21-17(24)26-14/h1-8H,(H,20,23)(H,21,22,24)/b14-7-. The Balaban J connectivity index is 1.62. The van der Waals surface area contributed by atoms with Gasteiger partial charge in [-0.1, -0.05) is 35.3 Å². The number of ether oxygens (including phenoxy) is 1. The smallest absolute Gasteiger partial charge is 0.410 e. The molecule has 2 N–H and O–H groups in total. The average molecular weight is 409 g/mol. The monoisotopic (exact) mass is 408 g/mol. The van der Waals surface area contributed by atoms with Crippen LogP contribution in [0.3, 0.4) is 0 Å². The van der Waals surface area contributed by atoms with Crippen molar-refractivity contribution in [1.29, 1.82) is 0 Å². The summed E-state index contributed by atoms with van der Waals surface area (Å²) in [5, 5.41) is 5.00. The molecule has 26 heavy (non-hydrogen) atoms. The zero-order chi connectivity index (χ0) is 18.7. The van der Waals surface area contributed by atoms with Crippen LogP contribution in [0.1, 0.15) is 5.56 Å². The molecule has 6 nitrogen and oxygen atoms in total. The van der Waals surface area contributed by atoms with Crippen molar-refractivity contribution in [3.8, 4) is 5.75 Å². The number of hydrogen-bond acceptors (Lipinski definition) is 5. The minimum Gasteiger partial charge on any atom is -0.410 e. The SMILES string of the molecule is O=C(Nc1ccc(Cl)c(Cl)c1)Oc1ccc(/C=C2\SC(=O)NC2=O)cc1. The van der Waals surface area contributed by atoms with Crippen molar-refractivity contribution >= 4 is 64.0 Å². The Morgan fingerprint density at radius 3 is 2.42 bits per heavy atom. The molecule has 0 bridgehead atoms. The Morgan fingerprint density at radius 1 is 1.08 bits per heavy atom. The van der Waals surface area contributed by atoms with Crippen LogP contribution >= 0.6 is 35.0 Å². The minimum atomic E-state index is -0.689. The van der Waals surface area contributed by atoms with Crippen molar-refractivity contribution < 1.29 is 19.1 Å². The maximum absolute atomic E-state index is 11.9. The van der Waals surface area contributed by atoms with Crippen LogP contribution in [0.4, 0.5) is 15.3 Å². The summed E-state index contributed by atoms with van der Waals surface area (Å²) in [6, 6.07) is 11.1. The zero-order valence-electron chi connectivity index (χ0n) is 12.9. The number of nitrogens with one attached hydrogen (secondary N) is 2. The third-order valence-corrected chi connectivity index (χ3v) is 4.75. The molecule has 1 aliphatic rings. The molecule has 1 aliphatic heterocycles. The van der Waals surface area contributed by atoms with Gasteiger partial charge in [0.1, 0.15) is 5.75 Å². The maximum Gasteiger partial charge on any atom is 0.417 e. The summed E-state index contributed by atoms with van der Waals surface area (Å²) in [6.45, 7) is 0. The van der Waals surface area contributed by atoms with Crippen LogP contribution in [0.5, 0.6) is 5.75 Å². The molecule has 0 unspecified atom stereocenters. The molecule has 0 saturated carbocycles. The van der Waals surface area contributed by atoms with E-state index in [0.717, 1.165) is 11.8 Å². The second kappa shape index (κ2) is 7.82. The van der Waals surface area contributed by atoms with E-state index in [1.807, 2.05) is 0 Å². The number of carbonyl (C=O) groups excluding carboxylic acids is 3. The van der Waals surface area contributed by atoms with Gasteiger partial charge in [0.15, 0.2) is 0 Å². The highest BCUT2D eigenvalue weighted by molar-refractivity contribution is 8.18. The predicted molar refractivity (Wildman–Crippen MR) is 102 cm³/mol. The Labute approximate surface area is 162 Å². The van der Waals surface area contributed by atoms with Gasteiger partial charge in [-0.15, -0.1) is 0 Å². The molecule has 1 saturated heterocycles. The summed E-state index contributed by atoms with van der Waals surface area (Å²) in [5.41, 5.74) is 1.13. The lowest BCUT2D eigenvalue weighted by Gasteiger charge is -2.07. The number of thioether (sulfide) groups is 1. The van der Waals surface area contributed by atoms with E-state index in [2.05, 4.69) is 10.6 Å². The largest absolute Gasteiger partial charge is 0.417 e. The van der Waals surface area contributed by atoms with Gasteiger partial charge in [0.05, 0.1) is 15.0 Å². The van der Waals surface area contributed by atoms with Crippen molar-refractivity contribution in [3.05, 3.63) is 63.0 Å². The molecule has 0 aromatic heterocycles. The van der Waals surface area contributed by atoms with E-state index in [0.29, 0.717) is 32.0 Å². The molecule has 9 heteroatoms. The zero-order valence-corrected chi connectivity index (χ0v) is 15.2. The predicted octanol–water partition coefficient (Wildman–Crippen LogP) is 4.93. The molecule has 3 amide bonds. The van der Waals surface area contributed by atoms with E-state index in [-0.39, 0.29) is 0 Å². The van der Waals surface area contributed by atoms with Crippen molar-refractivity contribution in [2.45, 2.75) is 0 Å². The highest BCUT2D eigenvalue weighted by Gasteiger charge is 2.24. The van der Waals surface area contributed by atoms with Gasteiger partial charge < -0.3 is 4.74 Å². The Kier molecular flexibility index (Phi) is 5.51. The number of rotatable bonds is 3. The summed E-state index contributed by atoms with van der Waals surface area (Å²) >= 11 is 12.5. The van der Waals surface area contributed by atoms with Gasteiger partial charge in [0, 0.05) is 5.69 Å². The first-order valence-electron chi connectivity index (χ1n) is 7.19. The molecule has 3 rings (SSSR count). The van der Waals surface area contributed by atoms with E-state index in [9.17, 15) is 14.4 Å². The molecule has 0 aliphatic carbocycles. The van der Waals surface area contributed by atoms with Crippen molar-refractivity contribution in [2.75, 3.05) is 5.32 Å². The second-order valence-corrected chi connectivity index (χ2v) is 6.89. The van der Waals surface area contributed by atoms with E-state index in [1.165, 1.54) is 6.07 Å². The number of halogens is 2. The highest BCUT2D eigenvalue weighted by Crippen LogP contribution is 2.27. The van der Waals surface area contributed by atoms with Crippen LogP contribution in [0.2, 0.25) is 10.0 Å². The maximum atomic E-state index is 11.9. The Bertz CT molecular complexity index is 929. The third kappa shape index (κ3) is 4.57. The van der Waals surface area contributed by atoms with Crippen molar-refractivity contribution in [3.63, 3.8) is 0 Å². The molecule has 132 valence electrons. The molecular formula is C17H10Cl2N2O4S. The van der Waals surface area contributed by atoms with Gasteiger partial charge in [-0.3, -0.25) is 20.2 Å². The van der Waals surface area contributed by atoms with Crippen LogP contribution < -0.4 is 15.4 Å². The summed E-state index contributed by atoms with van der Waals surface area (Å²) in [4.78, 5) is 34.8. The van der Waals surface area contributed by atoms with Gasteiger partial charge in [0.2, 0.25) is 0 Å². The number of benzene rings is 2. The average Bonchev–Trinajstić information content (AvgIpc) is 2.90. The molecule has 0 spiro atoms. The van der Waals surface area contributed by atoms with E-state index in [4.69, 9.17) is 27.9 Å². The van der Waals surface area contributed by atoms with Crippen LogP contribution in [0, 0.1) is 0 Å². The summed E-state index contributed by atoms with van der Waals surface area (Å²) in [6.07, 6.45) is 0.885. The second-order valence-electron chi connectivity index (χ2n) is 5.06. The van der Waals surface area contributed by atoms with Gasteiger partial charge in [-0.25, -0.2) is 4.79 Å². The Morgan fingerprint density at radius 2 is 1.81 bits per heavy atom. The van der Waals surface area contributed by atoms with Crippen LogP contribution in [0.15, 0.2) is 47.4 Å². The van der Waals surface area contributed by atoms with E-state index in [1.54, 1.807) is 42.5 Å². The lowest BCUT2D eigenvalue weighted by atomic mass is 10.2. The molecule has 0 radical (unpaired) electrons. The lowest BCUT2D eigenvalue weighted by Crippen LogP contribution is -2.17. The topological polar surface area (TPSA) is 84.5 Å². The fourth-order valence-electron chi connectivity index (χ4n) is 2.03. The fraction of sp³-hybridized carbons (Fsp3) is 0. The molecule has 1 fully saturated rings. The van der Waals surface area contributed by atoms with Crippen molar-refractivity contribution in [1.82, 2.24) is 5.32 Å². The quantitative estimate of drug-likeness (QED) is 0.703. The fourth-order valence-corrected chi connectivity index (χ4v) is 3.01. The number of hydrogen-bond donors (Lipinski definition) is 2. The van der Waals surface area contributed by atoms with E-state index < -0.39 is 17.2 Å². The van der Waals surface area contributed by atoms with Crippen molar-refractivity contribution in [2.24, 2.45) is 0 Å². The first-order chi connectivity index (χ1) is 12.4. The van der Waals surface area contributed by atoms with Crippen LogP contribution in [0.25, 0.3) is 6.08 Å². The number of carbonyl (C=O) groups is 3. The first kappa shape index (κ1) is 18.3. The molecule has 2 aromatic rings. The molecule has 2 aromatic carbocycles. The molecular weight excluding hydrogens is 399 g/mol. The summed E-state index contributed by atoms with van der Waals surface area (Å²) < 4.78 is 5.17. The first-order valence-corrected chi connectivity index (χ1v) is 8.77. The van der Waals surface area contributed by atoms with Gasteiger partial charge >= 0.3 is 6.09 Å². The molecule has 0 atom stereocenters. The Hall–Kier alpha value is -2.48. The lowest BCUT2D eigenvalue weighted by molar-refractivity contribution is -0.115. The van der Waals surface area contributed by atoms with Crippen LogP contribution in [-0.4, -0.2) is 17.2 Å². The normalized spacial score (nSPS) is 15.1. The van der Waals surface area contributed by atoms with Gasteiger partial charge in [-0.05, 0) is 53.7 Å². The highest BCUT2D eigenvalue weighted by atomic mass is 35.5. The molecule has 1 heterocycles.